The van der Waals surface area contributed by atoms with Gasteiger partial charge in [-0.25, -0.2) is 0 Å². The van der Waals surface area contributed by atoms with Gasteiger partial charge in [0.05, 0.1) is 14.2 Å². The van der Waals surface area contributed by atoms with E-state index in [1.54, 1.807) is 14.2 Å². The number of ether oxygens (including phenoxy) is 2. The molecular weight excluding hydrogens is 292 g/mol. The van der Waals surface area contributed by atoms with E-state index in [4.69, 9.17) is 14.6 Å². The number of unbranched alkanes of at least 4 members (excludes halogenated alkanes) is 1. The lowest BCUT2D eigenvalue weighted by Gasteiger charge is -2.17. The highest BCUT2D eigenvalue weighted by molar-refractivity contribution is 5.98. The molecule has 2 rings (SSSR count). The van der Waals surface area contributed by atoms with Crippen LogP contribution in [0.25, 0.3) is 16.8 Å². The van der Waals surface area contributed by atoms with Gasteiger partial charge in [-0.05, 0) is 19.8 Å². The second kappa shape index (κ2) is 7.68. The lowest BCUT2D eigenvalue weighted by atomic mass is 9.97. The van der Waals surface area contributed by atoms with Gasteiger partial charge in [-0.2, -0.15) is 0 Å². The molecule has 0 amide bonds. The first-order valence-corrected chi connectivity index (χ1v) is 7.61. The molecule has 0 aliphatic carbocycles. The van der Waals surface area contributed by atoms with Crippen LogP contribution in [0, 0.1) is 6.92 Å². The first-order chi connectivity index (χ1) is 11.1. The first-order valence-electron chi connectivity index (χ1n) is 7.61. The number of carboxylic acids is 1. The SMILES string of the molecule is COc1c(C)c(/C=C/CCCC(=O)O)c(OC)c2ccccc12. The number of methoxy groups -OCH3 is 2. The Balaban J connectivity index is 2.43. The molecule has 2 aromatic carbocycles. The Bertz CT molecular complexity index is 732. The highest BCUT2D eigenvalue weighted by atomic mass is 16.5. The fourth-order valence-corrected chi connectivity index (χ4v) is 2.77. The van der Waals surface area contributed by atoms with E-state index < -0.39 is 5.97 Å². The molecule has 0 aliphatic rings. The zero-order valence-electron chi connectivity index (χ0n) is 13.8. The first kappa shape index (κ1) is 16.9. The zero-order valence-corrected chi connectivity index (χ0v) is 13.8. The standard InChI is InChI=1S/C19H22O4/c1-13-14(9-5-4-6-12-17(20)21)19(23-3)16-11-8-7-10-15(16)18(13)22-2/h5,7-11H,4,6,12H2,1-3H3,(H,20,21)/b9-5+. The van der Waals surface area contributed by atoms with E-state index in [-0.39, 0.29) is 6.42 Å². The van der Waals surface area contributed by atoms with E-state index in [0.29, 0.717) is 12.8 Å². The Labute approximate surface area is 136 Å². The Morgan fingerprint density at radius 3 is 2.30 bits per heavy atom. The maximum Gasteiger partial charge on any atom is 0.303 e. The summed E-state index contributed by atoms with van der Waals surface area (Å²) in [5.41, 5.74) is 1.98. The summed E-state index contributed by atoms with van der Waals surface area (Å²) in [7, 11) is 3.33. The number of benzene rings is 2. The predicted octanol–water partition coefficient (Wildman–Crippen LogP) is 4.43. The minimum atomic E-state index is -0.764. The minimum Gasteiger partial charge on any atom is -0.496 e. The quantitative estimate of drug-likeness (QED) is 0.768. The van der Waals surface area contributed by atoms with Gasteiger partial charge in [0.15, 0.2) is 0 Å². The van der Waals surface area contributed by atoms with Gasteiger partial charge in [0.2, 0.25) is 0 Å². The molecule has 0 aromatic heterocycles. The van der Waals surface area contributed by atoms with Crippen molar-refractivity contribution in [1.29, 1.82) is 0 Å². The van der Waals surface area contributed by atoms with Crippen molar-refractivity contribution in [2.24, 2.45) is 0 Å². The number of hydrogen-bond donors (Lipinski definition) is 1. The Morgan fingerprint density at radius 1 is 1.13 bits per heavy atom. The van der Waals surface area contributed by atoms with Crippen molar-refractivity contribution in [3.63, 3.8) is 0 Å². The summed E-state index contributed by atoms with van der Waals surface area (Å²) in [6, 6.07) is 7.98. The molecule has 0 atom stereocenters. The van der Waals surface area contributed by atoms with Gasteiger partial charge in [-0.1, -0.05) is 36.4 Å². The number of carbonyl (C=O) groups is 1. The van der Waals surface area contributed by atoms with Crippen LogP contribution in [0.15, 0.2) is 30.3 Å². The molecule has 2 aromatic rings. The summed E-state index contributed by atoms with van der Waals surface area (Å²) in [5.74, 6) is 0.888. The highest BCUT2D eigenvalue weighted by Gasteiger charge is 2.16. The molecular formula is C19H22O4. The summed E-state index contributed by atoms with van der Waals surface area (Å²) in [4.78, 5) is 10.6. The topological polar surface area (TPSA) is 55.8 Å². The highest BCUT2D eigenvalue weighted by Crippen LogP contribution is 2.40. The number of carboxylic acid groups (broad SMARTS) is 1. The van der Waals surface area contributed by atoms with Crippen molar-refractivity contribution in [2.75, 3.05) is 14.2 Å². The van der Waals surface area contributed by atoms with Gasteiger partial charge >= 0.3 is 5.97 Å². The molecule has 0 fully saturated rings. The Hall–Kier alpha value is -2.49. The fraction of sp³-hybridized carbons (Fsp3) is 0.316. The lowest BCUT2D eigenvalue weighted by molar-refractivity contribution is -0.137. The van der Waals surface area contributed by atoms with Crippen molar-refractivity contribution in [3.8, 4) is 11.5 Å². The van der Waals surface area contributed by atoms with E-state index >= 15 is 0 Å². The smallest absolute Gasteiger partial charge is 0.303 e. The van der Waals surface area contributed by atoms with E-state index in [2.05, 4.69) is 0 Å². The molecule has 0 saturated heterocycles. The molecule has 4 nitrogen and oxygen atoms in total. The number of allylic oxidation sites excluding steroid dienone is 1. The second-order valence-corrected chi connectivity index (χ2v) is 5.34. The number of aliphatic carboxylic acids is 1. The fourth-order valence-electron chi connectivity index (χ4n) is 2.77. The summed E-state index contributed by atoms with van der Waals surface area (Å²) in [6.07, 6.45) is 5.50. The molecule has 122 valence electrons. The van der Waals surface area contributed by atoms with E-state index in [0.717, 1.165) is 33.4 Å². The van der Waals surface area contributed by atoms with E-state index in [1.807, 2.05) is 43.3 Å². The van der Waals surface area contributed by atoms with Gasteiger partial charge in [-0.3, -0.25) is 4.79 Å². The van der Waals surface area contributed by atoms with Gasteiger partial charge in [0.1, 0.15) is 11.5 Å². The minimum absolute atomic E-state index is 0.182. The van der Waals surface area contributed by atoms with Crippen LogP contribution >= 0.6 is 0 Å². The summed E-state index contributed by atoms with van der Waals surface area (Å²) >= 11 is 0. The number of fused-ring (bicyclic) bond motifs is 1. The molecule has 0 unspecified atom stereocenters. The van der Waals surface area contributed by atoms with Crippen LogP contribution in [-0.2, 0) is 4.79 Å². The average molecular weight is 314 g/mol. The maximum atomic E-state index is 10.6. The third kappa shape index (κ3) is 3.65. The van der Waals surface area contributed by atoms with E-state index in [9.17, 15) is 4.79 Å². The summed E-state index contributed by atoms with van der Waals surface area (Å²) in [6.45, 7) is 2.00. The van der Waals surface area contributed by atoms with Crippen LogP contribution in [0.5, 0.6) is 11.5 Å². The van der Waals surface area contributed by atoms with Crippen LogP contribution in [0.2, 0.25) is 0 Å². The van der Waals surface area contributed by atoms with Crippen molar-refractivity contribution in [2.45, 2.75) is 26.2 Å². The largest absolute Gasteiger partial charge is 0.496 e. The van der Waals surface area contributed by atoms with Gasteiger partial charge < -0.3 is 14.6 Å². The maximum absolute atomic E-state index is 10.6. The Morgan fingerprint density at radius 2 is 1.74 bits per heavy atom. The monoisotopic (exact) mass is 314 g/mol. The summed E-state index contributed by atoms with van der Waals surface area (Å²) < 4.78 is 11.2. The molecule has 0 aliphatic heterocycles. The summed E-state index contributed by atoms with van der Waals surface area (Å²) in [5, 5.41) is 10.7. The third-order valence-electron chi connectivity index (χ3n) is 3.86. The lowest BCUT2D eigenvalue weighted by Crippen LogP contribution is -1.97. The molecule has 0 saturated carbocycles. The van der Waals surface area contributed by atoms with Gasteiger partial charge in [0, 0.05) is 28.3 Å². The van der Waals surface area contributed by atoms with Crippen LogP contribution < -0.4 is 9.47 Å². The molecule has 0 bridgehead atoms. The van der Waals surface area contributed by atoms with Crippen molar-refractivity contribution < 1.29 is 19.4 Å². The van der Waals surface area contributed by atoms with Crippen molar-refractivity contribution in [1.82, 2.24) is 0 Å². The van der Waals surface area contributed by atoms with Crippen LogP contribution in [0.4, 0.5) is 0 Å². The van der Waals surface area contributed by atoms with Gasteiger partial charge in [0.25, 0.3) is 0 Å². The normalized spacial score (nSPS) is 11.1. The molecule has 4 heteroatoms. The van der Waals surface area contributed by atoms with Crippen LogP contribution in [0.1, 0.15) is 30.4 Å². The number of rotatable bonds is 7. The van der Waals surface area contributed by atoms with Crippen LogP contribution in [-0.4, -0.2) is 25.3 Å². The third-order valence-corrected chi connectivity index (χ3v) is 3.86. The average Bonchev–Trinajstić information content (AvgIpc) is 2.54. The van der Waals surface area contributed by atoms with Gasteiger partial charge in [-0.15, -0.1) is 0 Å². The molecule has 23 heavy (non-hydrogen) atoms. The van der Waals surface area contributed by atoms with E-state index in [1.165, 1.54) is 0 Å². The molecule has 1 N–H and O–H groups in total. The molecule has 0 spiro atoms. The Kier molecular flexibility index (Phi) is 5.63. The molecule has 0 heterocycles. The predicted molar refractivity (Wildman–Crippen MR) is 92.3 cm³/mol. The van der Waals surface area contributed by atoms with Crippen LogP contribution in [0.3, 0.4) is 0 Å². The second-order valence-electron chi connectivity index (χ2n) is 5.34. The molecule has 0 radical (unpaired) electrons. The van der Waals surface area contributed by atoms with Crippen molar-refractivity contribution in [3.05, 3.63) is 41.5 Å². The van der Waals surface area contributed by atoms with Crippen molar-refractivity contribution >= 4 is 22.8 Å². The number of hydrogen-bond acceptors (Lipinski definition) is 3. The zero-order chi connectivity index (χ0) is 16.8.